The van der Waals surface area contributed by atoms with Crippen LogP contribution in [0.5, 0.6) is 0 Å². The summed E-state index contributed by atoms with van der Waals surface area (Å²) < 4.78 is 18.4. The van der Waals surface area contributed by atoms with Gasteiger partial charge in [0.05, 0.1) is 12.8 Å². The third-order valence-corrected chi connectivity index (χ3v) is 2.79. The topological polar surface area (TPSA) is 71.3 Å². The van der Waals surface area contributed by atoms with Gasteiger partial charge >= 0.3 is 0 Å². The second-order valence-electron chi connectivity index (χ2n) is 4.40. The van der Waals surface area contributed by atoms with Crippen molar-refractivity contribution in [1.82, 2.24) is 10.6 Å². The summed E-state index contributed by atoms with van der Waals surface area (Å²) in [6.45, 7) is 0.281. The molecule has 6 heteroatoms. The molecule has 0 bridgehead atoms. The van der Waals surface area contributed by atoms with Crippen molar-refractivity contribution in [2.24, 2.45) is 0 Å². The molecule has 0 atom stereocenters. The van der Waals surface area contributed by atoms with Crippen LogP contribution in [-0.4, -0.2) is 11.8 Å². The Kier molecular flexibility index (Phi) is 5.09. The first kappa shape index (κ1) is 14.8. The molecule has 1 heterocycles. The van der Waals surface area contributed by atoms with Crippen LogP contribution in [0.25, 0.3) is 0 Å². The molecule has 0 saturated heterocycles. The van der Waals surface area contributed by atoms with Gasteiger partial charge < -0.3 is 15.1 Å². The Morgan fingerprint density at radius 3 is 2.38 bits per heavy atom. The van der Waals surface area contributed by atoms with E-state index in [9.17, 15) is 14.0 Å². The number of rotatable bonds is 6. The van der Waals surface area contributed by atoms with E-state index in [1.165, 1.54) is 12.3 Å². The van der Waals surface area contributed by atoms with Crippen LogP contribution in [0, 0.1) is 5.82 Å². The lowest BCUT2D eigenvalue weighted by molar-refractivity contribution is -0.129. The van der Waals surface area contributed by atoms with Gasteiger partial charge in [-0.05, 0) is 18.2 Å². The molecule has 1 aromatic carbocycles. The van der Waals surface area contributed by atoms with Crippen LogP contribution in [0.1, 0.15) is 17.7 Å². The fourth-order valence-corrected chi connectivity index (χ4v) is 1.71. The van der Waals surface area contributed by atoms with E-state index in [0.717, 1.165) is 0 Å². The molecule has 1 aromatic heterocycles. The molecule has 0 aliphatic rings. The third-order valence-electron chi connectivity index (χ3n) is 2.79. The van der Waals surface area contributed by atoms with Crippen molar-refractivity contribution in [2.75, 3.05) is 0 Å². The van der Waals surface area contributed by atoms with Gasteiger partial charge in [-0.15, -0.1) is 0 Å². The van der Waals surface area contributed by atoms with Gasteiger partial charge in [0, 0.05) is 12.1 Å². The predicted molar refractivity (Wildman–Crippen MR) is 73.4 cm³/mol. The van der Waals surface area contributed by atoms with E-state index >= 15 is 0 Å². The standard InChI is InChI=1S/C15H15FN2O3/c16-13-6-2-1-4-11(13)9-17-14(19)8-15(20)18-10-12-5-3-7-21-12/h1-7H,8-10H2,(H,17,19)(H,18,20). The number of hydrogen-bond acceptors (Lipinski definition) is 3. The number of halogens is 1. The maximum Gasteiger partial charge on any atom is 0.229 e. The van der Waals surface area contributed by atoms with Crippen LogP contribution >= 0.6 is 0 Å². The SMILES string of the molecule is O=C(CC(=O)NCc1ccccc1F)NCc1ccco1. The lowest BCUT2D eigenvalue weighted by Crippen LogP contribution is -2.31. The molecule has 2 rings (SSSR count). The summed E-state index contributed by atoms with van der Waals surface area (Å²) in [5.41, 5.74) is 0.377. The van der Waals surface area contributed by atoms with Gasteiger partial charge in [0.15, 0.2) is 0 Å². The summed E-state index contributed by atoms with van der Waals surface area (Å²) in [7, 11) is 0. The van der Waals surface area contributed by atoms with Crippen molar-refractivity contribution in [3.63, 3.8) is 0 Å². The second kappa shape index (κ2) is 7.23. The van der Waals surface area contributed by atoms with Crippen molar-refractivity contribution in [2.45, 2.75) is 19.5 Å². The highest BCUT2D eigenvalue weighted by molar-refractivity contribution is 5.96. The van der Waals surface area contributed by atoms with Gasteiger partial charge in [-0.2, -0.15) is 0 Å². The van der Waals surface area contributed by atoms with E-state index in [1.54, 1.807) is 30.3 Å². The quantitative estimate of drug-likeness (QED) is 0.796. The Bertz CT molecular complexity index is 611. The van der Waals surface area contributed by atoms with Gasteiger partial charge in [-0.1, -0.05) is 18.2 Å². The minimum atomic E-state index is -0.463. The fraction of sp³-hybridized carbons (Fsp3) is 0.200. The van der Waals surface area contributed by atoms with Crippen molar-refractivity contribution in [1.29, 1.82) is 0 Å². The zero-order valence-electron chi connectivity index (χ0n) is 11.3. The molecule has 5 nitrogen and oxygen atoms in total. The minimum Gasteiger partial charge on any atom is -0.467 e. The van der Waals surface area contributed by atoms with Crippen molar-refractivity contribution >= 4 is 11.8 Å². The number of hydrogen-bond donors (Lipinski definition) is 2. The van der Waals surface area contributed by atoms with Crippen LogP contribution in [0.15, 0.2) is 47.1 Å². The molecule has 0 fully saturated rings. The van der Waals surface area contributed by atoms with Crippen LogP contribution in [0.4, 0.5) is 4.39 Å². The highest BCUT2D eigenvalue weighted by atomic mass is 19.1. The Balaban J connectivity index is 1.71. The maximum atomic E-state index is 13.3. The number of furan rings is 1. The van der Waals surface area contributed by atoms with E-state index in [-0.39, 0.29) is 25.3 Å². The first-order valence-electron chi connectivity index (χ1n) is 6.44. The number of nitrogens with one attached hydrogen (secondary N) is 2. The predicted octanol–water partition coefficient (Wildman–Crippen LogP) is 1.74. The number of amides is 2. The third kappa shape index (κ3) is 4.76. The van der Waals surface area contributed by atoms with E-state index in [0.29, 0.717) is 11.3 Å². The summed E-state index contributed by atoms with van der Waals surface area (Å²) in [5.74, 6) is -0.664. The first-order chi connectivity index (χ1) is 10.1. The zero-order valence-corrected chi connectivity index (χ0v) is 11.3. The van der Waals surface area contributed by atoms with Crippen molar-refractivity contribution in [3.05, 3.63) is 59.8 Å². The Labute approximate surface area is 121 Å². The van der Waals surface area contributed by atoms with E-state index in [2.05, 4.69) is 10.6 Å². The summed E-state index contributed by atoms with van der Waals surface area (Å²) in [4.78, 5) is 23.1. The Hall–Kier alpha value is -2.63. The minimum absolute atomic E-state index is 0.0526. The van der Waals surface area contributed by atoms with Crippen LogP contribution < -0.4 is 10.6 Å². The zero-order chi connectivity index (χ0) is 15.1. The fourth-order valence-electron chi connectivity index (χ4n) is 1.71. The van der Waals surface area contributed by atoms with E-state index in [4.69, 9.17) is 4.42 Å². The molecule has 0 spiro atoms. The molecule has 0 aliphatic heterocycles. The number of carbonyl (C=O) groups is 2. The average molecular weight is 290 g/mol. The molecule has 2 amide bonds. The second-order valence-corrected chi connectivity index (χ2v) is 4.40. The molecule has 21 heavy (non-hydrogen) atoms. The van der Waals surface area contributed by atoms with Gasteiger partial charge in [0.2, 0.25) is 11.8 Å². The highest BCUT2D eigenvalue weighted by Gasteiger charge is 2.10. The van der Waals surface area contributed by atoms with Gasteiger partial charge in [-0.3, -0.25) is 9.59 Å². The average Bonchev–Trinajstić information content (AvgIpc) is 2.97. The Morgan fingerprint density at radius 1 is 1.00 bits per heavy atom. The number of carbonyl (C=O) groups excluding carboxylic acids is 2. The molecule has 0 aliphatic carbocycles. The van der Waals surface area contributed by atoms with Crippen molar-refractivity contribution < 1.29 is 18.4 Å². The van der Waals surface area contributed by atoms with Crippen LogP contribution in [0.3, 0.4) is 0 Å². The molecule has 0 unspecified atom stereocenters. The number of benzene rings is 1. The lowest BCUT2D eigenvalue weighted by atomic mass is 10.2. The van der Waals surface area contributed by atoms with Gasteiger partial charge in [0.25, 0.3) is 0 Å². The summed E-state index contributed by atoms with van der Waals surface area (Å²) >= 11 is 0. The largest absolute Gasteiger partial charge is 0.467 e. The van der Waals surface area contributed by atoms with E-state index < -0.39 is 11.8 Å². The van der Waals surface area contributed by atoms with Crippen LogP contribution in [-0.2, 0) is 22.7 Å². The molecule has 2 N–H and O–H groups in total. The Morgan fingerprint density at radius 2 is 1.71 bits per heavy atom. The molecule has 0 radical (unpaired) electrons. The molecule has 0 saturated carbocycles. The lowest BCUT2D eigenvalue weighted by Gasteiger charge is -2.06. The molecular weight excluding hydrogens is 275 g/mol. The van der Waals surface area contributed by atoms with Gasteiger partial charge in [0.1, 0.15) is 18.0 Å². The first-order valence-corrected chi connectivity index (χ1v) is 6.44. The maximum absolute atomic E-state index is 13.3. The van der Waals surface area contributed by atoms with Crippen LogP contribution in [0.2, 0.25) is 0 Å². The van der Waals surface area contributed by atoms with Crippen molar-refractivity contribution in [3.8, 4) is 0 Å². The monoisotopic (exact) mass is 290 g/mol. The normalized spacial score (nSPS) is 10.1. The van der Waals surface area contributed by atoms with Gasteiger partial charge in [-0.25, -0.2) is 4.39 Å². The molecule has 2 aromatic rings. The summed E-state index contributed by atoms with van der Waals surface area (Å²) in [5, 5.41) is 5.06. The summed E-state index contributed by atoms with van der Waals surface area (Å²) in [6.07, 6.45) is 1.19. The molecule has 110 valence electrons. The summed E-state index contributed by atoms with van der Waals surface area (Å²) in [6, 6.07) is 9.58. The van der Waals surface area contributed by atoms with E-state index in [1.807, 2.05) is 0 Å². The smallest absolute Gasteiger partial charge is 0.229 e. The highest BCUT2D eigenvalue weighted by Crippen LogP contribution is 2.05. The molecular formula is C15H15FN2O3.